The van der Waals surface area contributed by atoms with E-state index in [-0.39, 0.29) is 0 Å². The van der Waals surface area contributed by atoms with E-state index in [1.54, 1.807) is 12.1 Å². The summed E-state index contributed by atoms with van der Waals surface area (Å²) in [5.74, 6) is -0.654. The van der Waals surface area contributed by atoms with Gasteiger partial charge in [-0.25, -0.2) is 13.8 Å². The van der Waals surface area contributed by atoms with Crippen LogP contribution in [0.1, 0.15) is 11.4 Å². The zero-order valence-corrected chi connectivity index (χ0v) is 11.0. The Morgan fingerprint density at radius 3 is 2.67 bits per heavy atom. The van der Waals surface area contributed by atoms with Crippen molar-refractivity contribution in [3.63, 3.8) is 0 Å². The summed E-state index contributed by atoms with van der Waals surface area (Å²) in [7, 11) is 0. The molecule has 0 saturated heterocycles. The number of nitrogens with two attached hydrogens (primary N) is 1. The Morgan fingerprint density at radius 2 is 1.90 bits per heavy atom. The highest BCUT2D eigenvalue weighted by Crippen LogP contribution is 2.18. The van der Waals surface area contributed by atoms with Gasteiger partial charge in [0.15, 0.2) is 17.5 Å². The van der Waals surface area contributed by atoms with Crippen molar-refractivity contribution in [2.75, 3.05) is 5.73 Å². The third-order valence-electron chi connectivity index (χ3n) is 3.03. The number of benzene rings is 2. The fourth-order valence-corrected chi connectivity index (χ4v) is 2.02. The maximum Gasteiger partial charge on any atom is 0.181 e. The molecule has 6 heteroatoms. The molecule has 0 aliphatic heterocycles. The summed E-state index contributed by atoms with van der Waals surface area (Å²) in [5, 5.41) is 6.89. The largest absolute Gasteiger partial charge is 0.399 e. The molecule has 1 aromatic heterocycles. The minimum absolute atomic E-state index is 0.340. The number of hydrogen-bond donors (Lipinski definition) is 2. The fourth-order valence-electron chi connectivity index (χ4n) is 2.02. The zero-order valence-electron chi connectivity index (χ0n) is 11.0. The van der Waals surface area contributed by atoms with Crippen molar-refractivity contribution in [2.45, 2.75) is 6.42 Å². The first-order valence-electron chi connectivity index (χ1n) is 6.33. The third-order valence-corrected chi connectivity index (χ3v) is 3.03. The van der Waals surface area contributed by atoms with Crippen molar-refractivity contribution in [3.8, 4) is 11.4 Å². The molecule has 0 fully saturated rings. The lowest BCUT2D eigenvalue weighted by atomic mass is 10.1. The van der Waals surface area contributed by atoms with Gasteiger partial charge in [0.2, 0.25) is 0 Å². The molecular formula is C15H12F2N4. The van der Waals surface area contributed by atoms with Crippen LogP contribution in [-0.2, 0) is 6.42 Å². The van der Waals surface area contributed by atoms with Crippen molar-refractivity contribution in [1.82, 2.24) is 15.2 Å². The molecule has 106 valence electrons. The van der Waals surface area contributed by atoms with Gasteiger partial charge in [0.25, 0.3) is 0 Å². The Bertz CT molecular complexity index is 783. The SMILES string of the molecule is Nc1cccc(-c2n[nH]c(Cc3ccc(F)c(F)c3)n2)c1. The van der Waals surface area contributed by atoms with Crippen LogP contribution in [0, 0.1) is 11.6 Å². The average Bonchev–Trinajstić information content (AvgIpc) is 2.91. The smallest absolute Gasteiger partial charge is 0.181 e. The van der Waals surface area contributed by atoms with Crippen LogP contribution in [0.5, 0.6) is 0 Å². The normalized spacial score (nSPS) is 10.8. The topological polar surface area (TPSA) is 67.6 Å². The number of aromatic nitrogens is 3. The fraction of sp³-hybridized carbons (Fsp3) is 0.0667. The molecule has 0 radical (unpaired) electrons. The number of nitrogens with one attached hydrogen (secondary N) is 1. The summed E-state index contributed by atoms with van der Waals surface area (Å²) in [5.41, 5.74) is 7.75. The summed E-state index contributed by atoms with van der Waals surface area (Å²) in [6.07, 6.45) is 0.340. The van der Waals surface area contributed by atoms with Gasteiger partial charge in [0.05, 0.1) is 0 Å². The third kappa shape index (κ3) is 2.89. The Labute approximate surface area is 119 Å². The Balaban J connectivity index is 1.83. The number of H-pyrrole nitrogens is 1. The van der Waals surface area contributed by atoms with E-state index in [9.17, 15) is 8.78 Å². The van der Waals surface area contributed by atoms with Crippen LogP contribution in [0.15, 0.2) is 42.5 Å². The second kappa shape index (κ2) is 5.32. The number of anilines is 1. The number of aromatic amines is 1. The summed E-state index contributed by atoms with van der Waals surface area (Å²) in [6, 6.07) is 11.0. The maximum absolute atomic E-state index is 13.2. The van der Waals surface area contributed by atoms with Crippen molar-refractivity contribution in [3.05, 3.63) is 65.5 Å². The molecule has 0 spiro atoms. The van der Waals surface area contributed by atoms with E-state index in [1.165, 1.54) is 6.07 Å². The van der Waals surface area contributed by atoms with Crippen LogP contribution in [-0.4, -0.2) is 15.2 Å². The monoisotopic (exact) mass is 286 g/mol. The van der Waals surface area contributed by atoms with E-state index in [1.807, 2.05) is 12.1 Å². The van der Waals surface area contributed by atoms with Crippen LogP contribution < -0.4 is 5.73 Å². The number of nitrogens with zero attached hydrogens (tertiary/aromatic N) is 2. The zero-order chi connectivity index (χ0) is 14.8. The molecule has 0 atom stereocenters. The van der Waals surface area contributed by atoms with E-state index >= 15 is 0 Å². The molecule has 0 saturated carbocycles. The molecule has 21 heavy (non-hydrogen) atoms. The molecule has 0 unspecified atom stereocenters. The standard InChI is InChI=1S/C15H12F2N4/c16-12-5-4-9(6-13(12)17)7-14-19-15(21-20-14)10-2-1-3-11(18)8-10/h1-6,8H,7,18H2,(H,19,20,21). The number of halogens is 2. The molecule has 3 rings (SSSR count). The number of rotatable bonds is 3. The lowest BCUT2D eigenvalue weighted by Gasteiger charge is -1.99. The summed E-state index contributed by atoms with van der Waals surface area (Å²) in [4.78, 5) is 4.33. The Hall–Kier alpha value is -2.76. The number of hydrogen-bond acceptors (Lipinski definition) is 3. The van der Waals surface area contributed by atoms with Gasteiger partial charge in [-0.2, -0.15) is 5.10 Å². The van der Waals surface area contributed by atoms with Crippen molar-refractivity contribution in [1.29, 1.82) is 0 Å². The second-order valence-electron chi connectivity index (χ2n) is 4.66. The van der Waals surface area contributed by atoms with Gasteiger partial charge in [-0.3, -0.25) is 5.10 Å². The first kappa shape index (κ1) is 13.2. The predicted molar refractivity (Wildman–Crippen MR) is 75.4 cm³/mol. The maximum atomic E-state index is 13.2. The van der Waals surface area contributed by atoms with Crippen molar-refractivity contribution >= 4 is 5.69 Å². The van der Waals surface area contributed by atoms with E-state index in [2.05, 4.69) is 15.2 Å². The summed E-state index contributed by atoms with van der Waals surface area (Å²) < 4.78 is 26.0. The molecule has 4 nitrogen and oxygen atoms in total. The van der Waals surface area contributed by atoms with E-state index in [4.69, 9.17) is 5.73 Å². The van der Waals surface area contributed by atoms with Crippen LogP contribution >= 0.6 is 0 Å². The highest BCUT2D eigenvalue weighted by molar-refractivity contribution is 5.60. The Morgan fingerprint density at radius 1 is 1.05 bits per heavy atom. The molecule has 2 aromatic carbocycles. The van der Waals surface area contributed by atoms with Crippen LogP contribution in [0.2, 0.25) is 0 Å². The van der Waals surface area contributed by atoms with Crippen molar-refractivity contribution in [2.24, 2.45) is 0 Å². The molecular weight excluding hydrogens is 274 g/mol. The molecule has 0 amide bonds. The van der Waals surface area contributed by atoms with E-state index < -0.39 is 11.6 Å². The lowest BCUT2D eigenvalue weighted by molar-refractivity contribution is 0.507. The summed E-state index contributed by atoms with van der Waals surface area (Å²) in [6.45, 7) is 0. The molecule has 3 N–H and O–H groups in total. The lowest BCUT2D eigenvalue weighted by Crippen LogP contribution is -1.93. The first-order valence-corrected chi connectivity index (χ1v) is 6.33. The minimum atomic E-state index is -0.872. The van der Waals surface area contributed by atoms with Gasteiger partial charge in [-0.05, 0) is 29.8 Å². The quantitative estimate of drug-likeness (QED) is 0.727. The molecule has 0 bridgehead atoms. The van der Waals surface area contributed by atoms with Gasteiger partial charge in [0.1, 0.15) is 5.82 Å². The molecule has 0 aliphatic carbocycles. The molecule has 3 aromatic rings. The van der Waals surface area contributed by atoms with Gasteiger partial charge < -0.3 is 5.73 Å². The highest BCUT2D eigenvalue weighted by Gasteiger charge is 2.08. The van der Waals surface area contributed by atoms with Gasteiger partial charge in [-0.15, -0.1) is 0 Å². The average molecular weight is 286 g/mol. The second-order valence-corrected chi connectivity index (χ2v) is 4.66. The predicted octanol–water partition coefficient (Wildman–Crippen LogP) is 2.92. The van der Waals surface area contributed by atoms with Crippen LogP contribution in [0.4, 0.5) is 14.5 Å². The first-order chi connectivity index (χ1) is 10.1. The highest BCUT2D eigenvalue weighted by atomic mass is 19.2. The van der Waals surface area contributed by atoms with Crippen molar-refractivity contribution < 1.29 is 8.78 Å². The van der Waals surface area contributed by atoms with Gasteiger partial charge >= 0.3 is 0 Å². The van der Waals surface area contributed by atoms with E-state index in [0.717, 1.165) is 17.7 Å². The van der Waals surface area contributed by atoms with Gasteiger partial charge in [0, 0.05) is 17.7 Å². The Kier molecular flexibility index (Phi) is 3.35. The van der Waals surface area contributed by atoms with Gasteiger partial charge in [-0.1, -0.05) is 18.2 Å². The minimum Gasteiger partial charge on any atom is -0.399 e. The molecule has 1 heterocycles. The summed E-state index contributed by atoms with van der Waals surface area (Å²) >= 11 is 0. The number of nitrogen functional groups attached to an aromatic ring is 1. The van der Waals surface area contributed by atoms with Crippen LogP contribution in [0.25, 0.3) is 11.4 Å². The van der Waals surface area contributed by atoms with E-state index in [0.29, 0.717) is 29.3 Å². The molecule has 0 aliphatic rings. The van der Waals surface area contributed by atoms with Crippen LogP contribution in [0.3, 0.4) is 0 Å².